The summed E-state index contributed by atoms with van der Waals surface area (Å²) in [6.45, 7) is 2.32. The number of hydrogen-bond donors (Lipinski definition) is 1. The van der Waals surface area contributed by atoms with Gasteiger partial charge in [0.05, 0.1) is 6.54 Å². The molecule has 21 heavy (non-hydrogen) atoms. The first-order chi connectivity index (χ1) is 9.70. The zero-order valence-electron chi connectivity index (χ0n) is 12.0. The van der Waals surface area contributed by atoms with Crippen molar-refractivity contribution in [2.75, 3.05) is 38.2 Å². The zero-order chi connectivity index (χ0) is 14.4. The Labute approximate surface area is 146 Å². The van der Waals surface area contributed by atoms with Crippen LogP contribution in [0.2, 0.25) is 0 Å². The van der Waals surface area contributed by atoms with Gasteiger partial charge in [-0.15, -0.1) is 24.0 Å². The number of rotatable bonds is 4. The number of halogens is 2. The van der Waals surface area contributed by atoms with E-state index in [1.54, 1.807) is 19.2 Å². The molecule has 1 aromatic carbocycles. The lowest BCUT2D eigenvalue weighted by Crippen LogP contribution is -2.42. The maximum atomic E-state index is 12.9. The van der Waals surface area contributed by atoms with Gasteiger partial charge < -0.3 is 15.4 Å². The van der Waals surface area contributed by atoms with E-state index in [0.29, 0.717) is 12.5 Å². The van der Waals surface area contributed by atoms with E-state index in [1.807, 2.05) is 11.8 Å². The Bertz CT molecular complexity index is 452. The Kier molecular flexibility index (Phi) is 8.35. The summed E-state index contributed by atoms with van der Waals surface area (Å²) in [5.74, 6) is 2.48. The minimum Gasteiger partial charge on any atom is -0.375 e. The van der Waals surface area contributed by atoms with Crippen LogP contribution < -0.4 is 5.73 Å². The molecule has 0 aromatic heterocycles. The molecular formula is C14H21FIN3OS. The van der Waals surface area contributed by atoms with E-state index < -0.39 is 0 Å². The van der Waals surface area contributed by atoms with Crippen LogP contribution in [0.25, 0.3) is 0 Å². The monoisotopic (exact) mass is 425 g/mol. The van der Waals surface area contributed by atoms with Crippen LogP contribution in [0.3, 0.4) is 0 Å². The first-order valence-electron chi connectivity index (χ1n) is 6.61. The van der Waals surface area contributed by atoms with Gasteiger partial charge in [0.2, 0.25) is 0 Å². The highest BCUT2D eigenvalue weighted by atomic mass is 127. The van der Waals surface area contributed by atoms with Gasteiger partial charge in [0.15, 0.2) is 5.96 Å². The van der Waals surface area contributed by atoms with Gasteiger partial charge in [0.25, 0.3) is 0 Å². The fourth-order valence-electron chi connectivity index (χ4n) is 2.06. The van der Waals surface area contributed by atoms with Crippen molar-refractivity contribution in [2.24, 2.45) is 10.7 Å². The molecule has 1 unspecified atom stereocenters. The van der Waals surface area contributed by atoms with E-state index in [1.165, 1.54) is 12.1 Å². The molecule has 0 bridgehead atoms. The Balaban J connectivity index is 0.00000220. The molecule has 2 N–H and O–H groups in total. The number of nitrogens with two attached hydrogens (primary N) is 1. The maximum Gasteiger partial charge on any atom is 0.191 e. The van der Waals surface area contributed by atoms with Crippen molar-refractivity contribution in [3.8, 4) is 0 Å². The van der Waals surface area contributed by atoms with Crippen molar-refractivity contribution in [2.45, 2.75) is 6.10 Å². The summed E-state index contributed by atoms with van der Waals surface area (Å²) in [6, 6.07) is 6.28. The highest BCUT2D eigenvalue weighted by molar-refractivity contribution is 14.0. The number of thioether (sulfide) groups is 1. The second kappa shape index (κ2) is 9.47. The normalized spacial score (nSPS) is 17.2. The third-order valence-electron chi connectivity index (χ3n) is 3.28. The molecular weight excluding hydrogens is 404 g/mol. The average molecular weight is 425 g/mol. The molecule has 4 nitrogen and oxygen atoms in total. The molecule has 1 aliphatic heterocycles. The second-order valence-corrected chi connectivity index (χ2v) is 5.80. The summed E-state index contributed by atoms with van der Waals surface area (Å²) in [6.07, 6.45) is -0.201. The first-order valence-corrected chi connectivity index (χ1v) is 7.77. The largest absolute Gasteiger partial charge is 0.375 e. The molecule has 1 saturated heterocycles. The van der Waals surface area contributed by atoms with Gasteiger partial charge in [-0.3, -0.25) is 4.99 Å². The predicted octanol–water partition coefficient (Wildman–Crippen LogP) is 2.49. The van der Waals surface area contributed by atoms with Gasteiger partial charge >= 0.3 is 0 Å². The van der Waals surface area contributed by atoms with Crippen molar-refractivity contribution in [1.82, 2.24) is 4.90 Å². The molecule has 7 heteroatoms. The Morgan fingerprint density at radius 1 is 1.38 bits per heavy atom. The summed E-state index contributed by atoms with van der Waals surface area (Å²) in [7, 11) is 1.62. The van der Waals surface area contributed by atoms with Crippen LogP contribution >= 0.6 is 35.7 Å². The summed E-state index contributed by atoms with van der Waals surface area (Å²) >= 11 is 1.93. The van der Waals surface area contributed by atoms with Crippen LogP contribution in [-0.2, 0) is 4.74 Å². The molecule has 1 fully saturated rings. The van der Waals surface area contributed by atoms with Crippen LogP contribution in [0, 0.1) is 5.82 Å². The average Bonchev–Trinajstić information content (AvgIpc) is 2.50. The van der Waals surface area contributed by atoms with E-state index in [2.05, 4.69) is 9.89 Å². The summed E-state index contributed by atoms with van der Waals surface area (Å²) in [4.78, 5) is 6.50. The third kappa shape index (κ3) is 5.63. The van der Waals surface area contributed by atoms with E-state index in [-0.39, 0.29) is 35.9 Å². The number of aliphatic imine (C=N–C) groups is 1. The van der Waals surface area contributed by atoms with Crippen molar-refractivity contribution >= 4 is 41.7 Å². The van der Waals surface area contributed by atoms with Gasteiger partial charge in [-0.1, -0.05) is 12.1 Å². The van der Waals surface area contributed by atoms with Crippen molar-refractivity contribution < 1.29 is 9.13 Å². The summed E-state index contributed by atoms with van der Waals surface area (Å²) in [5, 5.41) is 0. The topological polar surface area (TPSA) is 50.9 Å². The van der Waals surface area contributed by atoms with Gasteiger partial charge in [-0.25, -0.2) is 4.39 Å². The minimum atomic E-state index is -0.252. The molecule has 0 radical (unpaired) electrons. The van der Waals surface area contributed by atoms with Crippen LogP contribution in [0.5, 0.6) is 0 Å². The van der Waals surface area contributed by atoms with Crippen LogP contribution in [0.4, 0.5) is 4.39 Å². The van der Waals surface area contributed by atoms with Crippen LogP contribution in [0.15, 0.2) is 29.3 Å². The summed E-state index contributed by atoms with van der Waals surface area (Å²) in [5.41, 5.74) is 6.91. The number of hydrogen-bond acceptors (Lipinski definition) is 3. The third-order valence-corrected chi connectivity index (χ3v) is 4.22. The Morgan fingerprint density at radius 2 is 2.00 bits per heavy atom. The number of benzene rings is 1. The molecule has 1 atom stereocenters. The van der Waals surface area contributed by atoms with Gasteiger partial charge in [0.1, 0.15) is 11.9 Å². The molecule has 1 heterocycles. The molecule has 2 rings (SSSR count). The van der Waals surface area contributed by atoms with E-state index in [0.717, 1.165) is 30.2 Å². The lowest BCUT2D eigenvalue weighted by Gasteiger charge is -2.27. The van der Waals surface area contributed by atoms with E-state index >= 15 is 0 Å². The molecule has 0 saturated carbocycles. The SMILES string of the molecule is COC(CN=C(N)N1CCSCC1)c1ccc(F)cc1.I. The number of methoxy groups -OCH3 is 1. The van der Waals surface area contributed by atoms with E-state index in [9.17, 15) is 4.39 Å². The minimum absolute atomic E-state index is 0. The van der Waals surface area contributed by atoms with E-state index in [4.69, 9.17) is 10.5 Å². The van der Waals surface area contributed by atoms with Gasteiger partial charge in [0, 0.05) is 31.7 Å². The number of guanidine groups is 1. The standard InChI is InChI=1S/C14H20FN3OS.HI/c1-19-13(11-2-4-12(15)5-3-11)10-17-14(16)18-6-8-20-9-7-18;/h2-5,13H,6-10H2,1H3,(H2,16,17);1H. The highest BCUT2D eigenvalue weighted by Gasteiger charge is 2.14. The molecule has 1 aromatic rings. The van der Waals surface area contributed by atoms with Gasteiger partial charge in [-0.05, 0) is 17.7 Å². The lowest BCUT2D eigenvalue weighted by molar-refractivity contribution is 0.110. The predicted molar refractivity (Wildman–Crippen MR) is 97.0 cm³/mol. The first kappa shape index (κ1) is 18.5. The van der Waals surface area contributed by atoms with Crippen molar-refractivity contribution in [3.63, 3.8) is 0 Å². The molecule has 118 valence electrons. The molecule has 0 aliphatic carbocycles. The zero-order valence-corrected chi connectivity index (χ0v) is 15.1. The molecule has 0 spiro atoms. The fraction of sp³-hybridized carbons (Fsp3) is 0.500. The Hall–Kier alpha value is -0.540. The second-order valence-electron chi connectivity index (χ2n) is 4.57. The molecule has 0 amide bonds. The van der Waals surface area contributed by atoms with Crippen molar-refractivity contribution in [3.05, 3.63) is 35.6 Å². The fourth-order valence-corrected chi connectivity index (χ4v) is 2.97. The van der Waals surface area contributed by atoms with Gasteiger partial charge in [-0.2, -0.15) is 11.8 Å². The smallest absolute Gasteiger partial charge is 0.191 e. The highest BCUT2D eigenvalue weighted by Crippen LogP contribution is 2.17. The quantitative estimate of drug-likeness (QED) is 0.458. The van der Waals surface area contributed by atoms with Crippen molar-refractivity contribution in [1.29, 1.82) is 0 Å². The number of ether oxygens (including phenoxy) is 1. The van der Waals surface area contributed by atoms with Crippen LogP contribution in [-0.4, -0.2) is 49.1 Å². The maximum absolute atomic E-state index is 12.9. The van der Waals surface area contributed by atoms with Crippen LogP contribution in [0.1, 0.15) is 11.7 Å². The molecule has 1 aliphatic rings. The number of nitrogens with zero attached hydrogens (tertiary/aromatic N) is 2. The lowest BCUT2D eigenvalue weighted by atomic mass is 10.1. The summed E-state index contributed by atoms with van der Waals surface area (Å²) < 4.78 is 18.3. The Morgan fingerprint density at radius 3 is 2.57 bits per heavy atom.